The molecule has 0 aromatic heterocycles. The van der Waals surface area contributed by atoms with Crippen LogP contribution in [0.25, 0.3) is 0 Å². The Kier molecular flexibility index (Phi) is 8.22. The molecule has 1 atom stereocenters. The molecule has 0 unspecified atom stereocenters. The van der Waals surface area contributed by atoms with E-state index in [1.54, 1.807) is 43.3 Å². The van der Waals surface area contributed by atoms with Crippen LogP contribution in [0, 0.1) is 0 Å². The van der Waals surface area contributed by atoms with Gasteiger partial charge in [0.25, 0.3) is 11.8 Å². The van der Waals surface area contributed by atoms with Gasteiger partial charge in [0.15, 0.2) is 0 Å². The molecular formula is C25H28ClN3O4. The minimum absolute atomic E-state index is 0.0866. The first-order chi connectivity index (χ1) is 15.8. The summed E-state index contributed by atoms with van der Waals surface area (Å²) < 4.78 is 0. The van der Waals surface area contributed by atoms with Gasteiger partial charge in [-0.2, -0.15) is 0 Å². The molecule has 0 radical (unpaired) electrons. The summed E-state index contributed by atoms with van der Waals surface area (Å²) >= 11 is 6.29. The first-order valence-corrected chi connectivity index (χ1v) is 11.5. The van der Waals surface area contributed by atoms with E-state index in [2.05, 4.69) is 5.32 Å². The van der Waals surface area contributed by atoms with Crippen molar-refractivity contribution in [3.8, 4) is 0 Å². The molecule has 1 aliphatic heterocycles. The summed E-state index contributed by atoms with van der Waals surface area (Å²) in [5.74, 6) is -1.17. The van der Waals surface area contributed by atoms with E-state index in [-0.39, 0.29) is 43.1 Å². The van der Waals surface area contributed by atoms with Gasteiger partial charge in [0.2, 0.25) is 11.8 Å². The molecule has 0 spiro atoms. The van der Waals surface area contributed by atoms with Crippen LogP contribution in [0.3, 0.4) is 0 Å². The minimum atomic E-state index is -0.695. The van der Waals surface area contributed by atoms with Crippen molar-refractivity contribution in [2.24, 2.45) is 0 Å². The Hall–Kier alpha value is -3.19. The molecule has 2 aromatic carbocycles. The number of hydrogen-bond acceptors (Lipinski definition) is 4. The van der Waals surface area contributed by atoms with Crippen LogP contribution in [0.5, 0.6) is 0 Å². The highest BCUT2D eigenvalue weighted by Gasteiger charge is 2.35. The maximum atomic E-state index is 13.1. The quantitative estimate of drug-likeness (QED) is 0.538. The largest absolute Gasteiger partial charge is 0.354 e. The standard InChI is InChI=1S/C25H28ClN3O4/c1-3-14-27-23(31)17(2)29(16-18-9-4-7-12-21(18)26)22(30)13-8-15-28-24(32)19-10-5-6-11-20(19)25(28)33/h4-7,9-12,17H,3,8,13-16H2,1-2H3,(H,27,31)/t17-/m0/s1. The van der Waals surface area contributed by atoms with Gasteiger partial charge < -0.3 is 10.2 Å². The number of carbonyl (C=O) groups is 4. The monoisotopic (exact) mass is 469 g/mol. The lowest BCUT2D eigenvalue weighted by Crippen LogP contribution is -2.47. The van der Waals surface area contributed by atoms with E-state index in [0.29, 0.717) is 29.1 Å². The van der Waals surface area contributed by atoms with Gasteiger partial charge in [-0.05, 0) is 43.5 Å². The molecular weight excluding hydrogens is 442 g/mol. The number of halogens is 1. The van der Waals surface area contributed by atoms with Crippen LogP contribution in [0.4, 0.5) is 0 Å². The fourth-order valence-corrected chi connectivity index (χ4v) is 3.96. The van der Waals surface area contributed by atoms with Crippen molar-refractivity contribution in [2.75, 3.05) is 13.1 Å². The van der Waals surface area contributed by atoms with Crippen molar-refractivity contribution >= 4 is 35.2 Å². The van der Waals surface area contributed by atoms with Crippen molar-refractivity contribution in [1.29, 1.82) is 0 Å². The molecule has 0 saturated carbocycles. The summed E-state index contributed by atoms with van der Waals surface area (Å²) in [6.45, 7) is 4.48. The molecule has 1 aliphatic rings. The van der Waals surface area contributed by atoms with Crippen molar-refractivity contribution in [3.63, 3.8) is 0 Å². The van der Waals surface area contributed by atoms with Crippen molar-refractivity contribution in [1.82, 2.24) is 15.1 Å². The van der Waals surface area contributed by atoms with Crippen molar-refractivity contribution < 1.29 is 19.2 Å². The topological polar surface area (TPSA) is 86.8 Å². The zero-order valence-corrected chi connectivity index (χ0v) is 19.6. The summed E-state index contributed by atoms with van der Waals surface area (Å²) in [4.78, 5) is 53.5. The summed E-state index contributed by atoms with van der Waals surface area (Å²) in [6, 6.07) is 13.2. The van der Waals surface area contributed by atoms with Gasteiger partial charge in [0, 0.05) is 31.1 Å². The number of nitrogens with one attached hydrogen (secondary N) is 1. The smallest absolute Gasteiger partial charge is 0.261 e. The van der Waals surface area contributed by atoms with Crippen LogP contribution in [0.1, 0.15) is 59.4 Å². The third kappa shape index (κ3) is 5.60. The molecule has 33 heavy (non-hydrogen) atoms. The Morgan fingerprint density at radius 3 is 2.24 bits per heavy atom. The summed E-state index contributed by atoms with van der Waals surface area (Å²) in [7, 11) is 0. The fourth-order valence-electron chi connectivity index (χ4n) is 3.76. The first kappa shape index (κ1) is 24.5. The van der Waals surface area contributed by atoms with Crippen molar-refractivity contribution in [2.45, 2.75) is 45.7 Å². The van der Waals surface area contributed by atoms with Gasteiger partial charge in [-0.25, -0.2) is 0 Å². The fraction of sp³-hybridized carbons (Fsp3) is 0.360. The molecule has 0 fully saturated rings. The molecule has 0 aliphatic carbocycles. The Balaban J connectivity index is 1.67. The van der Waals surface area contributed by atoms with E-state index in [1.165, 1.54) is 9.80 Å². The van der Waals surface area contributed by atoms with Gasteiger partial charge in [-0.1, -0.05) is 48.9 Å². The Labute approximate surface area is 198 Å². The van der Waals surface area contributed by atoms with Crippen LogP contribution in [-0.2, 0) is 16.1 Å². The minimum Gasteiger partial charge on any atom is -0.354 e. The summed E-state index contributed by atoms with van der Waals surface area (Å²) in [5.41, 5.74) is 1.51. The Morgan fingerprint density at radius 2 is 1.64 bits per heavy atom. The maximum absolute atomic E-state index is 13.1. The molecule has 4 amide bonds. The van der Waals surface area contributed by atoms with E-state index in [9.17, 15) is 19.2 Å². The van der Waals surface area contributed by atoms with Crippen molar-refractivity contribution in [3.05, 3.63) is 70.2 Å². The average molecular weight is 470 g/mol. The molecule has 1 N–H and O–H groups in total. The lowest BCUT2D eigenvalue weighted by molar-refractivity contribution is -0.140. The van der Waals surface area contributed by atoms with Crippen LogP contribution < -0.4 is 5.32 Å². The van der Waals surface area contributed by atoms with Gasteiger partial charge in [-0.3, -0.25) is 24.1 Å². The molecule has 7 nitrogen and oxygen atoms in total. The highest BCUT2D eigenvalue weighted by molar-refractivity contribution is 6.31. The molecule has 174 valence electrons. The number of imide groups is 1. The number of carbonyl (C=O) groups excluding carboxylic acids is 4. The third-order valence-electron chi connectivity index (χ3n) is 5.67. The Bertz CT molecular complexity index is 1020. The first-order valence-electron chi connectivity index (χ1n) is 11.1. The highest BCUT2D eigenvalue weighted by Crippen LogP contribution is 2.23. The molecule has 3 rings (SSSR count). The van der Waals surface area contributed by atoms with E-state index < -0.39 is 6.04 Å². The van der Waals surface area contributed by atoms with Gasteiger partial charge in [0.05, 0.1) is 11.1 Å². The predicted molar refractivity (Wildman–Crippen MR) is 126 cm³/mol. The lowest BCUT2D eigenvalue weighted by Gasteiger charge is -2.29. The normalized spacial score (nSPS) is 13.6. The predicted octanol–water partition coefficient (Wildman–Crippen LogP) is 3.66. The number of fused-ring (bicyclic) bond motifs is 1. The maximum Gasteiger partial charge on any atom is 0.261 e. The summed E-state index contributed by atoms with van der Waals surface area (Å²) in [6.07, 6.45) is 1.17. The highest BCUT2D eigenvalue weighted by atomic mass is 35.5. The van der Waals surface area contributed by atoms with E-state index in [4.69, 9.17) is 11.6 Å². The van der Waals surface area contributed by atoms with Crippen LogP contribution in [-0.4, -0.2) is 52.6 Å². The van der Waals surface area contributed by atoms with Gasteiger partial charge in [-0.15, -0.1) is 0 Å². The van der Waals surface area contributed by atoms with Gasteiger partial charge >= 0.3 is 0 Å². The Morgan fingerprint density at radius 1 is 1.03 bits per heavy atom. The number of rotatable bonds is 10. The van der Waals surface area contributed by atoms with Crippen LogP contribution >= 0.6 is 11.6 Å². The lowest BCUT2D eigenvalue weighted by atomic mass is 10.1. The van der Waals surface area contributed by atoms with Crippen LogP contribution in [0.2, 0.25) is 5.02 Å². The van der Waals surface area contributed by atoms with Crippen LogP contribution in [0.15, 0.2) is 48.5 Å². The molecule has 0 bridgehead atoms. The number of nitrogens with zero attached hydrogens (tertiary/aromatic N) is 2. The molecule has 1 heterocycles. The third-order valence-corrected chi connectivity index (χ3v) is 6.03. The summed E-state index contributed by atoms with van der Waals surface area (Å²) in [5, 5.41) is 3.34. The molecule has 0 saturated heterocycles. The molecule has 8 heteroatoms. The second-order valence-electron chi connectivity index (χ2n) is 7.99. The molecule has 2 aromatic rings. The van der Waals surface area contributed by atoms with E-state index in [0.717, 1.165) is 12.0 Å². The van der Waals surface area contributed by atoms with E-state index in [1.807, 2.05) is 19.1 Å². The zero-order valence-electron chi connectivity index (χ0n) is 18.8. The number of amides is 4. The zero-order chi connectivity index (χ0) is 24.0. The SMILES string of the molecule is CCCNC(=O)[C@H](C)N(Cc1ccccc1Cl)C(=O)CCCN1C(=O)c2ccccc2C1=O. The average Bonchev–Trinajstić information content (AvgIpc) is 3.06. The van der Waals surface area contributed by atoms with Gasteiger partial charge in [0.1, 0.15) is 6.04 Å². The second-order valence-corrected chi connectivity index (χ2v) is 8.40. The number of hydrogen-bond donors (Lipinski definition) is 1. The second kappa shape index (κ2) is 11.1. The number of benzene rings is 2. The van der Waals surface area contributed by atoms with E-state index >= 15 is 0 Å².